The second kappa shape index (κ2) is 7.04. The highest BCUT2D eigenvalue weighted by atomic mass is 16.6. The van der Waals surface area contributed by atoms with E-state index in [9.17, 15) is 4.79 Å². The molecule has 0 saturated carbocycles. The Balaban J connectivity index is 1.28. The van der Waals surface area contributed by atoms with Crippen molar-refractivity contribution in [3.63, 3.8) is 0 Å². The average Bonchev–Trinajstić information content (AvgIpc) is 2.57. The lowest BCUT2D eigenvalue weighted by Crippen LogP contribution is -2.73. The summed E-state index contributed by atoms with van der Waals surface area (Å²) in [5.74, 6) is 0.881. The van der Waals surface area contributed by atoms with Gasteiger partial charge >= 0.3 is 6.09 Å². The van der Waals surface area contributed by atoms with E-state index < -0.39 is 5.60 Å². The molecule has 1 spiro atoms. The summed E-state index contributed by atoms with van der Waals surface area (Å²) in [6.07, 6.45) is -0.201. The molecule has 0 bridgehead atoms. The molecule has 148 valence electrons. The normalized spacial score (nSPS) is 17.7. The highest BCUT2D eigenvalue weighted by molar-refractivity contribution is 5.70. The molecule has 4 rings (SSSR count). The molecule has 0 aromatic heterocycles. The predicted octanol–water partition coefficient (Wildman–Crippen LogP) is 4.32. The smallest absolute Gasteiger partial charge is 0.410 e. The van der Waals surface area contributed by atoms with Crippen LogP contribution in [-0.4, -0.2) is 42.8 Å². The van der Waals surface area contributed by atoms with Crippen LogP contribution in [0, 0.1) is 5.41 Å². The number of hydrogen-bond acceptors (Lipinski definition) is 4. The van der Waals surface area contributed by atoms with E-state index in [-0.39, 0.29) is 11.5 Å². The number of anilines is 1. The van der Waals surface area contributed by atoms with Crippen molar-refractivity contribution < 1.29 is 14.3 Å². The quantitative estimate of drug-likeness (QED) is 0.792. The van der Waals surface area contributed by atoms with Crippen LogP contribution >= 0.6 is 0 Å². The fourth-order valence-corrected chi connectivity index (χ4v) is 3.88. The molecule has 2 aliphatic rings. The zero-order chi connectivity index (χ0) is 19.8. The number of carbonyl (C=O) groups excluding carboxylic acids is 1. The van der Waals surface area contributed by atoms with E-state index in [0.29, 0.717) is 6.61 Å². The highest BCUT2D eigenvalue weighted by Gasteiger charge is 2.54. The number of carbonyl (C=O) groups is 1. The zero-order valence-corrected chi connectivity index (χ0v) is 16.9. The number of rotatable bonds is 4. The first-order chi connectivity index (χ1) is 13.3. The van der Waals surface area contributed by atoms with Gasteiger partial charge in [0.15, 0.2) is 0 Å². The molecule has 2 saturated heterocycles. The molecule has 5 nitrogen and oxygen atoms in total. The Kier molecular flexibility index (Phi) is 4.69. The number of benzene rings is 2. The molecular weight excluding hydrogens is 352 g/mol. The molecule has 2 aromatic rings. The number of ether oxygens (including phenoxy) is 2. The van der Waals surface area contributed by atoms with E-state index in [2.05, 4.69) is 29.2 Å². The van der Waals surface area contributed by atoms with E-state index in [1.165, 1.54) is 5.69 Å². The first kappa shape index (κ1) is 18.7. The van der Waals surface area contributed by atoms with Crippen LogP contribution in [0.15, 0.2) is 54.6 Å². The summed E-state index contributed by atoms with van der Waals surface area (Å²) in [6.45, 7) is 9.77. The highest BCUT2D eigenvalue weighted by Crippen LogP contribution is 2.42. The van der Waals surface area contributed by atoms with Crippen molar-refractivity contribution in [2.75, 3.05) is 31.1 Å². The molecule has 5 heteroatoms. The van der Waals surface area contributed by atoms with Crippen LogP contribution in [0.5, 0.6) is 5.75 Å². The van der Waals surface area contributed by atoms with Gasteiger partial charge in [0.05, 0.1) is 0 Å². The van der Waals surface area contributed by atoms with Gasteiger partial charge in [0.25, 0.3) is 0 Å². The van der Waals surface area contributed by atoms with Gasteiger partial charge in [0, 0.05) is 43.3 Å². The lowest BCUT2D eigenvalue weighted by Gasteiger charge is -2.60. The molecule has 0 atom stereocenters. The number of likely N-dealkylation sites (tertiary alicyclic amines) is 1. The fourth-order valence-electron chi connectivity index (χ4n) is 3.88. The molecule has 0 unspecified atom stereocenters. The van der Waals surface area contributed by atoms with Crippen molar-refractivity contribution in [3.8, 4) is 5.75 Å². The standard InChI is InChI=1S/C23H28N2O3/c1-22(2,3)28-21(26)25-16-23(17-25)14-24(15-23)19-10-7-11-20(12-19)27-13-18-8-5-4-6-9-18/h4-12H,13-17H2,1-3H3. The van der Waals surface area contributed by atoms with E-state index >= 15 is 0 Å². The Bertz CT molecular complexity index is 830. The van der Waals surface area contributed by atoms with Crippen molar-refractivity contribution in [1.82, 2.24) is 4.90 Å². The Morgan fingerprint density at radius 1 is 1.00 bits per heavy atom. The lowest BCUT2D eigenvalue weighted by atomic mass is 9.73. The third-order valence-corrected chi connectivity index (χ3v) is 5.19. The Morgan fingerprint density at radius 3 is 2.39 bits per heavy atom. The van der Waals surface area contributed by atoms with Gasteiger partial charge in [-0.15, -0.1) is 0 Å². The van der Waals surface area contributed by atoms with Gasteiger partial charge in [0.2, 0.25) is 0 Å². The van der Waals surface area contributed by atoms with Crippen LogP contribution in [0.1, 0.15) is 26.3 Å². The predicted molar refractivity (Wildman–Crippen MR) is 110 cm³/mol. The van der Waals surface area contributed by atoms with Gasteiger partial charge in [-0.2, -0.15) is 0 Å². The second-order valence-corrected chi connectivity index (χ2v) is 8.96. The summed E-state index contributed by atoms with van der Waals surface area (Å²) in [6, 6.07) is 18.4. The summed E-state index contributed by atoms with van der Waals surface area (Å²) >= 11 is 0. The molecule has 0 N–H and O–H groups in total. The molecule has 2 heterocycles. The third kappa shape index (κ3) is 4.08. The largest absolute Gasteiger partial charge is 0.489 e. The van der Waals surface area contributed by atoms with Crippen molar-refractivity contribution >= 4 is 11.8 Å². The molecule has 0 radical (unpaired) electrons. The third-order valence-electron chi connectivity index (χ3n) is 5.19. The van der Waals surface area contributed by atoms with Gasteiger partial charge in [-0.1, -0.05) is 36.4 Å². The summed E-state index contributed by atoms with van der Waals surface area (Å²) < 4.78 is 11.4. The van der Waals surface area contributed by atoms with Crippen LogP contribution in [0.3, 0.4) is 0 Å². The minimum atomic E-state index is -0.439. The van der Waals surface area contributed by atoms with E-state index in [1.807, 2.05) is 56.0 Å². The molecule has 0 aliphatic carbocycles. The van der Waals surface area contributed by atoms with Crippen molar-refractivity contribution in [1.29, 1.82) is 0 Å². The molecule has 2 fully saturated rings. The number of nitrogens with zero attached hydrogens (tertiary/aromatic N) is 2. The molecule has 2 aromatic carbocycles. The average molecular weight is 380 g/mol. The molecule has 1 amide bonds. The minimum Gasteiger partial charge on any atom is -0.489 e. The topological polar surface area (TPSA) is 42.0 Å². The molecular formula is C23H28N2O3. The number of hydrogen-bond donors (Lipinski definition) is 0. The second-order valence-electron chi connectivity index (χ2n) is 8.96. The first-order valence-electron chi connectivity index (χ1n) is 9.82. The first-order valence-corrected chi connectivity index (χ1v) is 9.82. The van der Waals surface area contributed by atoms with Gasteiger partial charge in [-0.3, -0.25) is 0 Å². The van der Waals surface area contributed by atoms with Crippen LogP contribution < -0.4 is 9.64 Å². The monoisotopic (exact) mass is 380 g/mol. The maximum absolute atomic E-state index is 12.1. The van der Waals surface area contributed by atoms with Crippen LogP contribution in [0.25, 0.3) is 0 Å². The van der Waals surface area contributed by atoms with Gasteiger partial charge in [-0.25, -0.2) is 4.79 Å². The van der Waals surface area contributed by atoms with Gasteiger partial charge < -0.3 is 19.3 Å². The van der Waals surface area contributed by atoms with E-state index in [0.717, 1.165) is 37.5 Å². The number of amides is 1. The van der Waals surface area contributed by atoms with Crippen molar-refractivity contribution in [2.24, 2.45) is 5.41 Å². The Hall–Kier alpha value is -2.69. The molecule has 28 heavy (non-hydrogen) atoms. The van der Waals surface area contributed by atoms with E-state index in [4.69, 9.17) is 9.47 Å². The van der Waals surface area contributed by atoms with Crippen LogP contribution in [0.2, 0.25) is 0 Å². The summed E-state index contributed by atoms with van der Waals surface area (Å²) in [5.41, 5.74) is 2.11. The summed E-state index contributed by atoms with van der Waals surface area (Å²) in [5, 5.41) is 0. The Labute approximate surface area is 166 Å². The minimum absolute atomic E-state index is 0.201. The lowest BCUT2D eigenvalue weighted by molar-refractivity contribution is -0.0453. The zero-order valence-electron chi connectivity index (χ0n) is 16.9. The van der Waals surface area contributed by atoms with Gasteiger partial charge in [0.1, 0.15) is 18.0 Å². The Morgan fingerprint density at radius 2 is 1.71 bits per heavy atom. The fraction of sp³-hybridized carbons (Fsp3) is 0.435. The van der Waals surface area contributed by atoms with Crippen molar-refractivity contribution in [3.05, 3.63) is 60.2 Å². The van der Waals surface area contributed by atoms with E-state index in [1.54, 1.807) is 0 Å². The van der Waals surface area contributed by atoms with Crippen molar-refractivity contribution in [2.45, 2.75) is 33.0 Å². The summed E-state index contributed by atoms with van der Waals surface area (Å²) in [4.78, 5) is 16.3. The van der Waals surface area contributed by atoms with Crippen LogP contribution in [-0.2, 0) is 11.3 Å². The maximum Gasteiger partial charge on any atom is 0.410 e. The molecule has 2 aliphatic heterocycles. The van der Waals surface area contributed by atoms with Crippen LogP contribution in [0.4, 0.5) is 10.5 Å². The van der Waals surface area contributed by atoms with Gasteiger partial charge in [-0.05, 0) is 38.5 Å². The summed E-state index contributed by atoms with van der Waals surface area (Å²) in [7, 11) is 0. The SMILES string of the molecule is CC(C)(C)OC(=O)N1CC2(C1)CN(c1cccc(OCc3ccccc3)c1)C2. The maximum atomic E-state index is 12.1.